The molecule has 1 amide bonds. The van der Waals surface area contributed by atoms with Crippen molar-refractivity contribution >= 4 is 11.6 Å². The van der Waals surface area contributed by atoms with Crippen molar-refractivity contribution in [1.82, 2.24) is 15.2 Å². The highest BCUT2D eigenvalue weighted by Gasteiger charge is 2.07. The molecule has 0 aliphatic heterocycles. The molecule has 2 aromatic heterocycles. The molecule has 2 rings (SSSR count). The Morgan fingerprint density at radius 3 is 2.82 bits per heavy atom. The minimum absolute atomic E-state index is 0.212. The largest absolute Gasteiger partial charge is 0.467 e. The van der Waals surface area contributed by atoms with Crippen LogP contribution in [0.5, 0.6) is 0 Å². The SMILES string of the molecule is CN(C)CCCNc1ccc(C(=O)NCc2ccco2)nc1. The Morgan fingerprint density at radius 2 is 2.18 bits per heavy atom. The highest BCUT2D eigenvalue weighted by Crippen LogP contribution is 2.07. The molecular weight excluding hydrogens is 280 g/mol. The lowest BCUT2D eigenvalue weighted by molar-refractivity contribution is 0.0943. The molecule has 0 aromatic carbocycles. The fourth-order valence-corrected chi connectivity index (χ4v) is 1.93. The van der Waals surface area contributed by atoms with Gasteiger partial charge in [-0.15, -0.1) is 0 Å². The Labute approximate surface area is 130 Å². The minimum atomic E-state index is -0.212. The molecule has 0 bridgehead atoms. The Bertz CT molecular complexity index is 564. The van der Waals surface area contributed by atoms with E-state index in [-0.39, 0.29) is 5.91 Å². The summed E-state index contributed by atoms with van der Waals surface area (Å²) in [6.07, 6.45) is 4.31. The number of rotatable bonds is 8. The van der Waals surface area contributed by atoms with Crippen LogP contribution < -0.4 is 10.6 Å². The van der Waals surface area contributed by atoms with Gasteiger partial charge in [0.25, 0.3) is 5.91 Å². The van der Waals surface area contributed by atoms with Crippen LogP contribution in [0.4, 0.5) is 5.69 Å². The molecule has 2 N–H and O–H groups in total. The van der Waals surface area contributed by atoms with E-state index < -0.39 is 0 Å². The van der Waals surface area contributed by atoms with Crippen molar-refractivity contribution in [2.45, 2.75) is 13.0 Å². The summed E-state index contributed by atoms with van der Waals surface area (Å²) in [4.78, 5) is 18.3. The normalized spacial score (nSPS) is 10.7. The van der Waals surface area contributed by atoms with Crippen molar-refractivity contribution in [3.63, 3.8) is 0 Å². The van der Waals surface area contributed by atoms with Crippen molar-refractivity contribution in [3.05, 3.63) is 48.2 Å². The average Bonchev–Trinajstić information content (AvgIpc) is 3.03. The first kappa shape index (κ1) is 16.0. The number of aromatic nitrogens is 1. The summed E-state index contributed by atoms with van der Waals surface area (Å²) in [6, 6.07) is 7.18. The molecule has 22 heavy (non-hydrogen) atoms. The van der Waals surface area contributed by atoms with Gasteiger partial charge in [-0.25, -0.2) is 4.98 Å². The first-order valence-electron chi connectivity index (χ1n) is 7.30. The Morgan fingerprint density at radius 1 is 1.32 bits per heavy atom. The Kier molecular flexibility index (Phi) is 5.97. The fraction of sp³-hybridized carbons (Fsp3) is 0.375. The fourth-order valence-electron chi connectivity index (χ4n) is 1.93. The van der Waals surface area contributed by atoms with Gasteiger partial charge >= 0.3 is 0 Å². The van der Waals surface area contributed by atoms with E-state index in [2.05, 4.69) is 34.6 Å². The number of hydrogen-bond donors (Lipinski definition) is 2. The van der Waals surface area contributed by atoms with Crippen molar-refractivity contribution < 1.29 is 9.21 Å². The van der Waals surface area contributed by atoms with Crippen LogP contribution >= 0.6 is 0 Å². The summed E-state index contributed by atoms with van der Waals surface area (Å²) < 4.78 is 5.16. The number of nitrogens with zero attached hydrogens (tertiary/aromatic N) is 2. The van der Waals surface area contributed by atoms with Crippen molar-refractivity contribution in [2.24, 2.45) is 0 Å². The molecule has 2 aromatic rings. The number of anilines is 1. The summed E-state index contributed by atoms with van der Waals surface area (Å²) >= 11 is 0. The third kappa shape index (κ3) is 5.21. The van der Waals surface area contributed by atoms with Gasteiger partial charge in [-0.3, -0.25) is 4.79 Å². The number of carbonyl (C=O) groups excluding carboxylic acids is 1. The second-order valence-electron chi connectivity index (χ2n) is 5.28. The summed E-state index contributed by atoms with van der Waals surface area (Å²) in [7, 11) is 4.11. The molecule has 0 atom stereocenters. The zero-order valence-electron chi connectivity index (χ0n) is 13.0. The van der Waals surface area contributed by atoms with E-state index in [0.29, 0.717) is 18.0 Å². The van der Waals surface area contributed by atoms with Crippen LogP contribution in [0.2, 0.25) is 0 Å². The monoisotopic (exact) mass is 302 g/mol. The van der Waals surface area contributed by atoms with Gasteiger partial charge in [-0.1, -0.05) is 0 Å². The lowest BCUT2D eigenvalue weighted by Crippen LogP contribution is -2.23. The number of amides is 1. The summed E-state index contributed by atoms with van der Waals surface area (Å²) in [6.45, 7) is 2.27. The van der Waals surface area contributed by atoms with E-state index >= 15 is 0 Å². The maximum atomic E-state index is 11.9. The molecule has 0 aliphatic carbocycles. The number of furan rings is 1. The van der Waals surface area contributed by atoms with Crippen LogP contribution in [0.3, 0.4) is 0 Å². The number of hydrogen-bond acceptors (Lipinski definition) is 5. The zero-order chi connectivity index (χ0) is 15.8. The third-order valence-corrected chi connectivity index (χ3v) is 3.11. The van der Waals surface area contributed by atoms with E-state index in [1.807, 2.05) is 12.1 Å². The van der Waals surface area contributed by atoms with Gasteiger partial charge < -0.3 is 20.0 Å². The quantitative estimate of drug-likeness (QED) is 0.730. The smallest absolute Gasteiger partial charge is 0.270 e. The van der Waals surface area contributed by atoms with Gasteiger partial charge in [-0.2, -0.15) is 0 Å². The van der Waals surface area contributed by atoms with Crippen LogP contribution in [0.1, 0.15) is 22.7 Å². The standard InChI is InChI=1S/C16H22N4O2/c1-20(2)9-4-8-17-13-6-7-15(18-11-13)16(21)19-12-14-5-3-10-22-14/h3,5-7,10-11,17H,4,8-9,12H2,1-2H3,(H,19,21). The molecule has 2 heterocycles. The van der Waals surface area contributed by atoms with Crippen LogP contribution in [-0.4, -0.2) is 43.0 Å². The predicted molar refractivity (Wildman–Crippen MR) is 85.8 cm³/mol. The summed E-state index contributed by atoms with van der Waals surface area (Å²) in [5, 5.41) is 6.05. The molecule has 118 valence electrons. The molecule has 0 saturated carbocycles. The van der Waals surface area contributed by atoms with Crippen molar-refractivity contribution in [1.29, 1.82) is 0 Å². The van der Waals surface area contributed by atoms with Gasteiger partial charge in [-0.05, 0) is 51.3 Å². The van der Waals surface area contributed by atoms with Gasteiger partial charge in [0.15, 0.2) is 0 Å². The maximum absolute atomic E-state index is 11.9. The molecule has 0 unspecified atom stereocenters. The molecule has 0 radical (unpaired) electrons. The van der Waals surface area contributed by atoms with Crippen molar-refractivity contribution in [3.8, 4) is 0 Å². The summed E-state index contributed by atoms with van der Waals surface area (Å²) in [5.41, 5.74) is 1.31. The third-order valence-electron chi connectivity index (χ3n) is 3.11. The minimum Gasteiger partial charge on any atom is -0.467 e. The lowest BCUT2D eigenvalue weighted by atomic mass is 10.3. The Balaban J connectivity index is 1.76. The highest BCUT2D eigenvalue weighted by atomic mass is 16.3. The van der Waals surface area contributed by atoms with Gasteiger partial charge in [0, 0.05) is 6.54 Å². The topological polar surface area (TPSA) is 70.4 Å². The second-order valence-corrected chi connectivity index (χ2v) is 5.28. The van der Waals surface area contributed by atoms with Crippen LogP contribution in [0, 0.1) is 0 Å². The first-order chi connectivity index (χ1) is 10.6. The van der Waals surface area contributed by atoms with E-state index in [1.165, 1.54) is 0 Å². The van der Waals surface area contributed by atoms with E-state index in [0.717, 1.165) is 25.2 Å². The Hall–Kier alpha value is -2.34. The van der Waals surface area contributed by atoms with Crippen molar-refractivity contribution in [2.75, 3.05) is 32.5 Å². The predicted octanol–water partition coefficient (Wildman–Crippen LogP) is 1.97. The van der Waals surface area contributed by atoms with E-state index in [9.17, 15) is 4.79 Å². The molecule has 0 aliphatic rings. The maximum Gasteiger partial charge on any atom is 0.270 e. The molecule has 0 fully saturated rings. The highest BCUT2D eigenvalue weighted by molar-refractivity contribution is 5.92. The van der Waals surface area contributed by atoms with E-state index in [4.69, 9.17) is 4.42 Å². The van der Waals surface area contributed by atoms with Crippen LogP contribution in [0.15, 0.2) is 41.1 Å². The second kappa shape index (κ2) is 8.19. The average molecular weight is 302 g/mol. The summed E-state index contributed by atoms with van der Waals surface area (Å²) in [5.74, 6) is 0.503. The molecule has 0 spiro atoms. The molecular formula is C16H22N4O2. The van der Waals surface area contributed by atoms with E-state index in [1.54, 1.807) is 24.6 Å². The number of pyridine rings is 1. The lowest BCUT2D eigenvalue weighted by Gasteiger charge is -2.10. The number of nitrogens with one attached hydrogen (secondary N) is 2. The number of carbonyl (C=O) groups is 1. The van der Waals surface area contributed by atoms with Crippen LogP contribution in [-0.2, 0) is 6.54 Å². The first-order valence-corrected chi connectivity index (χ1v) is 7.30. The molecule has 0 saturated heterocycles. The van der Waals surface area contributed by atoms with Gasteiger partial charge in [0.2, 0.25) is 0 Å². The van der Waals surface area contributed by atoms with Crippen LogP contribution in [0.25, 0.3) is 0 Å². The molecule has 6 heteroatoms. The van der Waals surface area contributed by atoms with Gasteiger partial charge in [0.1, 0.15) is 11.5 Å². The molecule has 6 nitrogen and oxygen atoms in total. The zero-order valence-corrected chi connectivity index (χ0v) is 13.0. The van der Waals surface area contributed by atoms with Gasteiger partial charge in [0.05, 0.1) is 24.7 Å².